The second-order valence-electron chi connectivity index (χ2n) is 2.83. The quantitative estimate of drug-likeness (QED) is 0.281. The maximum atomic E-state index is 5.07. The van der Waals surface area contributed by atoms with Crippen molar-refractivity contribution in [1.29, 1.82) is 0 Å². The Morgan fingerprint density at radius 1 is 0.889 bits per heavy atom. The minimum atomic E-state index is 0.194. The fourth-order valence-corrected chi connectivity index (χ4v) is 2.60. The van der Waals surface area contributed by atoms with E-state index >= 15 is 0 Å². The van der Waals surface area contributed by atoms with E-state index in [1.165, 1.54) is 21.6 Å². The molecule has 18 heavy (non-hydrogen) atoms. The zero-order valence-corrected chi connectivity index (χ0v) is 17.1. The zero-order chi connectivity index (χ0) is 15.3. The van der Waals surface area contributed by atoms with Crippen molar-refractivity contribution in [3.8, 4) is 0 Å². The van der Waals surface area contributed by atoms with Crippen LogP contribution in [0.4, 0.5) is 0 Å². The average molecular weight is 400 g/mol. The van der Waals surface area contributed by atoms with Gasteiger partial charge in [-0.1, -0.05) is 36.7 Å². The first-order chi connectivity index (χ1) is 8.18. The SMILES string of the molecule is CN(C)C(=S)SSC(=S)N(C)C.NC(=S)S.SS. The molecule has 0 rings (SSSR count). The second-order valence-corrected chi connectivity index (χ2v) is 7.45. The zero-order valence-electron chi connectivity index (χ0n) is 10.4. The van der Waals surface area contributed by atoms with Crippen molar-refractivity contribution in [3.63, 3.8) is 0 Å². The van der Waals surface area contributed by atoms with Gasteiger partial charge >= 0.3 is 0 Å². The maximum Gasteiger partial charge on any atom is 0.146 e. The number of rotatable bonds is 0. The van der Waals surface area contributed by atoms with E-state index in [4.69, 9.17) is 30.2 Å². The third-order valence-electron chi connectivity index (χ3n) is 0.915. The smallest absolute Gasteiger partial charge is 0.146 e. The van der Waals surface area contributed by atoms with Gasteiger partial charge in [0.15, 0.2) is 0 Å². The van der Waals surface area contributed by atoms with Crippen LogP contribution >= 0.6 is 94.2 Å². The van der Waals surface area contributed by atoms with Crippen molar-refractivity contribution in [2.75, 3.05) is 28.2 Å². The van der Waals surface area contributed by atoms with Gasteiger partial charge in [0.1, 0.15) is 13.0 Å². The first-order valence-electron chi connectivity index (χ1n) is 4.14. The van der Waals surface area contributed by atoms with Crippen LogP contribution in [-0.2, 0) is 0 Å². The van der Waals surface area contributed by atoms with Crippen molar-refractivity contribution in [2.24, 2.45) is 5.73 Å². The van der Waals surface area contributed by atoms with Crippen LogP contribution in [0.5, 0.6) is 0 Å². The van der Waals surface area contributed by atoms with Gasteiger partial charge in [-0.05, 0) is 21.6 Å². The summed E-state index contributed by atoms with van der Waals surface area (Å²) in [6.07, 6.45) is 0. The number of nitrogens with two attached hydrogens (primary N) is 1. The molecule has 0 aliphatic heterocycles. The predicted octanol–water partition coefficient (Wildman–Crippen LogP) is 2.98. The molecule has 2 N–H and O–H groups in total. The summed E-state index contributed by atoms with van der Waals surface area (Å²) in [7, 11) is 10.7. The van der Waals surface area contributed by atoms with Crippen molar-refractivity contribution in [3.05, 3.63) is 0 Å². The number of nitrogens with zero attached hydrogens (tertiary/aromatic N) is 2. The van der Waals surface area contributed by atoms with Crippen LogP contribution in [0.15, 0.2) is 0 Å². The Bertz CT molecular complexity index is 231. The molecule has 0 saturated heterocycles. The van der Waals surface area contributed by atoms with E-state index in [0.29, 0.717) is 0 Å². The van der Waals surface area contributed by atoms with Crippen LogP contribution in [0, 0.1) is 0 Å². The molecule has 0 atom stereocenters. The number of thiol groups is 3. The van der Waals surface area contributed by atoms with Crippen LogP contribution in [0.3, 0.4) is 0 Å². The highest BCUT2D eigenvalue weighted by Gasteiger charge is 2.04. The van der Waals surface area contributed by atoms with Gasteiger partial charge < -0.3 is 15.5 Å². The van der Waals surface area contributed by atoms with Gasteiger partial charge in [0, 0.05) is 28.2 Å². The first-order valence-corrected chi connectivity index (χ1v) is 9.56. The molecule has 0 saturated carbocycles. The summed E-state index contributed by atoms with van der Waals surface area (Å²) in [6.45, 7) is 0. The van der Waals surface area contributed by atoms with Crippen LogP contribution in [-0.4, -0.2) is 51.0 Å². The van der Waals surface area contributed by atoms with E-state index in [1.807, 2.05) is 38.0 Å². The number of hydrogen-bond donors (Lipinski definition) is 4. The molecule has 0 spiro atoms. The lowest BCUT2D eigenvalue weighted by Crippen LogP contribution is -2.18. The van der Waals surface area contributed by atoms with E-state index in [2.05, 4.69) is 48.2 Å². The lowest BCUT2D eigenvalue weighted by Gasteiger charge is -2.15. The summed E-state index contributed by atoms with van der Waals surface area (Å²) < 4.78 is 1.87. The molecule has 0 bridgehead atoms. The normalized spacial score (nSPS) is 7.94. The highest BCUT2D eigenvalue weighted by Crippen LogP contribution is 2.26. The van der Waals surface area contributed by atoms with Crippen molar-refractivity contribution >= 4 is 107 Å². The van der Waals surface area contributed by atoms with E-state index in [0.717, 1.165) is 8.64 Å². The predicted molar refractivity (Wildman–Crippen MR) is 111 cm³/mol. The molecule has 0 aliphatic carbocycles. The third kappa shape index (κ3) is 22.6. The van der Waals surface area contributed by atoms with E-state index in [9.17, 15) is 0 Å². The molecule has 0 radical (unpaired) electrons. The molecule has 0 aromatic rings. The lowest BCUT2D eigenvalue weighted by molar-refractivity contribution is 0.647. The van der Waals surface area contributed by atoms with Crippen molar-refractivity contribution in [1.82, 2.24) is 9.80 Å². The van der Waals surface area contributed by atoms with Gasteiger partial charge in [-0.2, -0.15) is 0 Å². The monoisotopic (exact) mass is 399 g/mol. The molecule has 0 fully saturated rings. The summed E-state index contributed by atoms with van der Waals surface area (Å²) in [5.41, 5.74) is 4.71. The fraction of sp³-hybridized carbons (Fsp3) is 0.571. The van der Waals surface area contributed by atoms with Crippen molar-refractivity contribution < 1.29 is 0 Å². The minimum absolute atomic E-state index is 0.194. The van der Waals surface area contributed by atoms with Gasteiger partial charge in [0.25, 0.3) is 0 Å². The van der Waals surface area contributed by atoms with Gasteiger partial charge in [-0.25, -0.2) is 0 Å². The van der Waals surface area contributed by atoms with Gasteiger partial charge in [0.05, 0.1) is 0 Å². The Kier molecular flexibility index (Phi) is 22.4. The van der Waals surface area contributed by atoms with E-state index < -0.39 is 0 Å². The highest BCUT2D eigenvalue weighted by atomic mass is 33.1. The van der Waals surface area contributed by atoms with Gasteiger partial charge in [0.2, 0.25) is 0 Å². The Morgan fingerprint density at radius 2 is 1.06 bits per heavy atom. The maximum absolute atomic E-state index is 5.07. The summed E-state index contributed by atoms with van der Waals surface area (Å²) in [5.74, 6) is 0. The number of thiocarbonyl (C=S) groups is 3. The fourth-order valence-electron chi connectivity index (χ4n) is 0.220. The molecule has 108 valence electrons. The number of hydrogen-bond acceptors (Lipinski definition) is 7. The third-order valence-corrected chi connectivity index (χ3v) is 5.07. The van der Waals surface area contributed by atoms with E-state index in [-0.39, 0.29) is 4.32 Å². The average Bonchev–Trinajstić information content (AvgIpc) is 2.26. The van der Waals surface area contributed by atoms with E-state index in [1.54, 1.807) is 0 Å². The van der Waals surface area contributed by atoms with Crippen LogP contribution in [0.25, 0.3) is 0 Å². The van der Waals surface area contributed by atoms with Crippen LogP contribution < -0.4 is 5.73 Å². The molecular weight excluding hydrogens is 383 g/mol. The molecule has 0 aliphatic rings. The Balaban J connectivity index is -0.000000317. The largest absolute Gasteiger partial charge is 0.385 e. The highest BCUT2D eigenvalue weighted by molar-refractivity contribution is 8.89. The summed E-state index contributed by atoms with van der Waals surface area (Å²) >= 11 is 24.2. The lowest BCUT2D eigenvalue weighted by atomic mass is 11.0. The molecule has 0 aromatic carbocycles. The van der Waals surface area contributed by atoms with Gasteiger partial charge in [-0.15, -0.1) is 36.0 Å². The topological polar surface area (TPSA) is 32.5 Å². The standard InChI is InChI=1S/C6H12N2S4.CH3NS2.H2S2/c1-7(2)5(9)11-12-6(10)8(3)4;2-1(3)4;1-2/h1-4H3;(H3,2,3,4);1-2H. The summed E-state index contributed by atoms with van der Waals surface area (Å²) in [5, 5.41) is 0. The molecule has 0 amide bonds. The first kappa shape index (κ1) is 24.4. The molecule has 11 heteroatoms. The van der Waals surface area contributed by atoms with Crippen molar-refractivity contribution in [2.45, 2.75) is 0 Å². The molecule has 3 nitrogen and oxygen atoms in total. The summed E-state index contributed by atoms with van der Waals surface area (Å²) in [4.78, 5) is 3.79. The molecule has 0 unspecified atom stereocenters. The van der Waals surface area contributed by atoms with Crippen LogP contribution in [0.1, 0.15) is 0 Å². The Morgan fingerprint density at radius 3 is 1.17 bits per heavy atom. The Hall–Kier alpha value is 1.42. The van der Waals surface area contributed by atoms with Gasteiger partial charge in [-0.3, -0.25) is 0 Å². The Labute approximate surface area is 149 Å². The van der Waals surface area contributed by atoms with Crippen LogP contribution in [0.2, 0.25) is 0 Å². The second kappa shape index (κ2) is 16.5. The molecule has 0 heterocycles. The minimum Gasteiger partial charge on any atom is -0.385 e. The molecular formula is C7H17N3S8. The summed E-state index contributed by atoms with van der Waals surface area (Å²) in [6, 6.07) is 0. The molecule has 0 aromatic heterocycles.